The van der Waals surface area contributed by atoms with Crippen LogP contribution in [0.5, 0.6) is 0 Å². The van der Waals surface area contributed by atoms with Gasteiger partial charge in [-0.1, -0.05) is 0 Å². The number of amides is 1. The Hall–Kier alpha value is -1.40. The van der Waals surface area contributed by atoms with E-state index in [1.807, 2.05) is 11.9 Å². The van der Waals surface area contributed by atoms with Crippen LogP contribution in [0, 0.1) is 0 Å². The molecule has 18 heavy (non-hydrogen) atoms. The van der Waals surface area contributed by atoms with E-state index in [2.05, 4.69) is 4.98 Å². The van der Waals surface area contributed by atoms with Gasteiger partial charge in [0.25, 0.3) is 5.91 Å². The fourth-order valence-corrected chi connectivity index (χ4v) is 2.56. The number of hydrogen-bond donors (Lipinski definition) is 0. The summed E-state index contributed by atoms with van der Waals surface area (Å²) in [4.78, 5) is 18.1. The molecule has 1 aromatic rings. The van der Waals surface area contributed by atoms with E-state index in [9.17, 15) is 4.79 Å². The largest absolute Gasteiger partial charge is 0.347 e. The summed E-state index contributed by atoms with van der Waals surface area (Å²) in [5.41, 5.74) is 0.624. The van der Waals surface area contributed by atoms with Crippen LogP contribution in [0.1, 0.15) is 23.3 Å². The number of imidazole rings is 1. The van der Waals surface area contributed by atoms with E-state index in [-0.39, 0.29) is 5.91 Å². The molecule has 6 heteroatoms. The third-order valence-corrected chi connectivity index (χ3v) is 3.66. The van der Waals surface area contributed by atoms with Crippen LogP contribution in [0.15, 0.2) is 12.5 Å². The fourth-order valence-electron chi connectivity index (χ4n) is 2.56. The number of hydrogen-bond acceptors (Lipinski definition) is 4. The molecule has 2 fully saturated rings. The number of nitrogens with zero attached hydrogens (tertiary/aromatic N) is 3. The zero-order valence-corrected chi connectivity index (χ0v) is 10.5. The van der Waals surface area contributed by atoms with Gasteiger partial charge in [0.2, 0.25) is 0 Å². The van der Waals surface area contributed by atoms with Crippen LogP contribution in [0.25, 0.3) is 0 Å². The van der Waals surface area contributed by atoms with E-state index < -0.39 is 5.79 Å². The standard InChI is InChI=1S/C12H17N3O3/c1-14-9-13-8-10(14)11(16)15-4-2-12(3-5-15)17-6-7-18-12/h8-9H,2-7H2,1H3. The van der Waals surface area contributed by atoms with Crippen LogP contribution in [0.4, 0.5) is 0 Å². The van der Waals surface area contributed by atoms with Gasteiger partial charge >= 0.3 is 0 Å². The van der Waals surface area contributed by atoms with Gasteiger partial charge in [0.15, 0.2) is 5.79 Å². The molecule has 98 valence electrons. The Morgan fingerprint density at radius 2 is 2.00 bits per heavy atom. The lowest BCUT2D eigenvalue weighted by Gasteiger charge is -2.37. The summed E-state index contributed by atoms with van der Waals surface area (Å²) < 4.78 is 13.0. The van der Waals surface area contributed by atoms with Gasteiger partial charge in [0.05, 0.1) is 25.7 Å². The van der Waals surface area contributed by atoms with Crippen molar-refractivity contribution in [1.29, 1.82) is 0 Å². The quantitative estimate of drug-likeness (QED) is 0.725. The predicted octanol–water partition coefficient (Wildman–Crippen LogP) is 0.399. The number of ether oxygens (including phenoxy) is 2. The molecule has 0 radical (unpaired) electrons. The van der Waals surface area contributed by atoms with Gasteiger partial charge in [0, 0.05) is 33.0 Å². The first-order chi connectivity index (χ1) is 8.70. The number of carbonyl (C=O) groups is 1. The second-order valence-corrected chi connectivity index (χ2v) is 4.79. The lowest BCUT2D eigenvalue weighted by Crippen LogP contribution is -2.47. The summed E-state index contributed by atoms with van der Waals surface area (Å²) in [6.07, 6.45) is 4.74. The van der Waals surface area contributed by atoms with Crippen molar-refractivity contribution in [2.75, 3.05) is 26.3 Å². The number of piperidine rings is 1. The van der Waals surface area contributed by atoms with E-state index in [1.54, 1.807) is 17.1 Å². The Labute approximate surface area is 105 Å². The van der Waals surface area contributed by atoms with Crippen LogP contribution in [0.3, 0.4) is 0 Å². The fraction of sp³-hybridized carbons (Fsp3) is 0.667. The Kier molecular flexibility index (Phi) is 2.83. The Balaban J connectivity index is 1.66. The van der Waals surface area contributed by atoms with Crippen molar-refractivity contribution in [1.82, 2.24) is 14.5 Å². The maximum atomic E-state index is 12.3. The number of aryl methyl sites for hydroxylation is 1. The maximum absolute atomic E-state index is 12.3. The summed E-state index contributed by atoms with van der Waals surface area (Å²) in [6.45, 7) is 2.67. The monoisotopic (exact) mass is 251 g/mol. The molecule has 0 aliphatic carbocycles. The minimum absolute atomic E-state index is 0.0304. The molecular formula is C12H17N3O3. The summed E-state index contributed by atoms with van der Waals surface area (Å²) in [6, 6.07) is 0. The van der Waals surface area contributed by atoms with E-state index in [4.69, 9.17) is 9.47 Å². The highest BCUT2D eigenvalue weighted by Gasteiger charge is 2.41. The Morgan fingerprint density at radius 1 is 1.33 bits per heavy atom. The molecule has 6 nitrogen and oxygen atoms in total. The first kappa shape index (κ1) is 11.7. The molecule has 3 heterocycles. The molecule has 3 rings (SSSR count). The summed E-state index contributed by atoms with van der Waals surface area (Å²) in [5.74, 6) is -0.397. The topological polar surface area (TPSA) is 56.6 Å². The first-order valence-electron chi connectivity index (χ1n) is 6.24. The van der Waals surface area contributed by atoms with Crippen molar-refractivity contribution < 1.29 is 14.3 Å². The molecule has 1 spiro atoms. The highest BCUT2D eigenvalue weighted by molar-refractivity contribution is 5.92. The molecule has 1 aromatic heterocycles. The Bertz CT molecular complexity index is 441. The van der Waals surface area contributed by atoms with E-state index >= 15 is 0 Å². The highest BCUT2D eigenvalue weighted by atomic mass is 16.7. The number of aromatic nitrogens is 2. The SMILES string of the molecule is Cn1cncc1C(=O)N1CCC2(CC1)OCCO2. The van der Waals surface area contributed by atoms with Crippen LogP contribution in [-0.4, -0.2) is 52.4 Å². The molecule has 0 atom stereocenters. The molecule has 0 aromatic carbocycles. The van der Waals surface area contributed by atoms with Gasteiger partial charge in [-0.3, -0.25) is 4.79 Å². The van der Waals surface area contributed by atoms with Crippen LogP contribution >= 0.6 is 0 Å². The second-order valence-electron chi connectivity index (χ2n) is 4.79. The summed E-state index contributed by atoms with van der Waals surface area (Å²) >= 11 is 0. The molecule has 2 saturated heterocycles. The number of carbonyl (C=O) groups excluding carboxylic acids is 1. The van der Waals surface area contributed by atoms with Gasteiger partial charge in [-0.25, -0.2) is 4.98 Å². The normalized spacial score (nSPS) is 22.6. The maximum Gasteiger partial charge on any atom is 0.272 e. The highest BCUT2D eigenvalue weighted by Crippen LogP contribution is 2.31. The van der Waals surface area contributed by atoms with Crippen LogP contribution in [-0.2, 0) is 16.5 Å². The lowest BCUT2D eigenvalue weighted by molar-refractivity contribution is -0.181. The molecule has 0 unspecified atom stereocenters. The van der Waals surface area contributed by atoms with Gasteiger partial charge in [0.1, 0.15) is 5.69 Å². The molecule has 0 N–H and O–H groups in total. The molecule has 0 bridgehead atoms. The first-order valence-corrected chi connectivity index (χ1v) is 6.24. The third-order valence-electron chi connectivity index (χ3n) is 3.66. The van der Waals surface area contributed by atoms with Gasteiger partial charge in [-0.05, 0) is 0 Å². The van der Waals surface area contributed by atoms with E-state index in [0.717, 1.165) is 12.8 Å². The number of likely N-dealkylation sites (tertiary alicyclic amines) is 1. The minimum Gasteiger partial charge on any atom is -0.347 e. The zero-order valence-electron chi connectivity index (χ0n) is 10.5. The minimum atomic E-state index is -0.427. The van der Waals surface area contributed by atoms with Crippen molar-refractivity contribution in [2.24, 2.45) is 7.05 Å². The molecule has 2 aliphatic rings. The van der Waals surface area contributed by atoms with Crippen molar-refractivity contribution >= 4 is 5.91 Å². The van der Waals surface area contributed by atoms with E-state index in [1.165, 1.54) is 0 Å². The van der Waals surface area contributed by atoms with Gasteiger partial charge in [-0.15, -0.1) is 0 Å². The molecule has 0 saturated carbocycles. The number of rotatable bonds is 1. The second kappa shape index (κ2) is 4.37. The van der Waals surface area contributed by atoms with E-state index in [0.29, 0.717) is 32.0 Å². The lowest BCUT2D eigenvalue weighted by atomic mass is 10.0. The molecular weight excluding hydrogens is 234 g/mol. The van der Waals surface area contributed by atoms with Gasteiger partial charge < -0.3 is 18.9 Å². The Morgan fingerprint density at radius 3 is 2.56 bits per heavy atom. The zero-order chi connectivity index (χ0) is 12.6. The third kappa shape index (κ3) is 1.91. The summed E-state index contributed by atoms with van der Waals surface area (Å²) in [5, 5.41) is 0. The van der Waals surface area contributed by atoms with Crippen molar-refractivity contribution in [2.45, 2.75) is 18.6 Å². The predicted molar refractivity (Wildman–Crippen MR) is 63.0 cm³/mol. The van der Waals surface area contributed by atoms with Gasteiger partial charge in [-0.2, -0.15) is 0 Å². The van der Waals surface area contributed by atoms with Crippen molar-refractivity contribution in [3.63, 3.8) is 0 Å². The van der Waals surface area contributed by atoms with Crippen molar-refractivity contribution in [3.8, 4) is 0 Å². The molecule has 1 amide bonds. The average Bonchev–Trinajstić information content (AvgIpc) is 2.99. The van der Waals surface area contributed by atoms with Crippen LogP contribution in [0.2, 0.25) is 0 Å². The van der Waals surface area contributed by atoms with Crippen LogP contribution < -0.4 is 0 Å². The molecule has 2 aliphatic heterocycles. The van der Waals surface area contributed by atoms with Crippen molar-refractivity contribution in [3.05, 3.63) is 18.2 Å². The average molecular weight is 251 g/mol. The smallest absolute Gasteiger partial charge is 0.272 e. The summed E-state index contributed by atoms with van der Waals surface area (Å²) in [7, 11) is 1.83.